The topological polar surface area (TPSA) is 55.4 Å². The number of halogens is 3. The second kappa shape index (κ2) is 7.08. The molecular formula is C9H14F3NO3. The zero-order valence-electron chi connectivity index (χ0n) is 8.89. The maximum atomic E-state index is 11.7. The van der Waals surface area contributed by atoms with Crippen molar-refractivity contribution in [1.29, 1.82) is 0 Å². The summed E-state index contributed by atoms with van der Waals surface area (Å²) in [6.07, 6.45) is -3.60. The molecule has 1 amide bonds. The fourth-order valence-corrected chi connectivity index (χ4v) is 0.781. The Morgan fingerprint density at radius 1 is 1.31 bits per heavy atom. The summed E-state index contributed by atoms with van der Waals surface area (Å²) < 4.78 is 39.8. The molecule has 0 bridgehead atoms. The Hall–Kier alpha value is -1.27. The van der Waals surface area contributed by atoms with Gasteiger partial charge in [0.2, 0.25) is 0 Å². The number of ether oxygens (including phenoxy) is 1. The smallest absolute Gasteiger partial charge is 0.466 e. The SMILES string of the molecule is CCCCOC(=O)CCNC(=O)C(F)(F)F. The van der Waals surface area contributed by atoms with Crippen LogP contribution in [0.2, 0.25) is 0 Å². The highest BCUT2D eigenvalue weighted by Crippen LogP contribution is 2.13. The first-order valence-electron chi connectivity index (χ1n) is 4.88. The van der Waals surface area contributed by atoms with Crippen LogP contribution in [0.3, 0.4) is 0 Å². The highest BCUT2D eigenvalue weighted by atomic mass is 19.4. The zero-order valence-corrected chi connectivity index (χ0v) is 8.89. The molecule has 0 aliphatic carbocycles. The molecule has 0 aliphatic heterocycles. The Morgan fingerprint density at radius 2 is 1.94 bits per heavy atom. The lowest BCUT2D eigenvalue weighted by molar-refractivity contribution is -0.173. The van der Waals surface area contributed by atoms with Crippen LogP contribution in [-0.4, -0.2) is 31.2 Å². The summed E-state index contributed by atoms with van der Waals surface area (Å²) in [7, 11) is 0. The first-order chi connectivity index (χ1) is 7.38. The van der Waals surface area contributed by atoms with E-state index in [9.17, 15) is 22.8 Å². The molecule has 0 heterocycles. The summed E-state index contributed by atoms with van der Waals surface area (Å²) in [5, 5.41) is 1.58. The van der Waals surface area contributed by atoms with Gasteiger partial charge in [-0.1, -0.05) is 13.3 Å². The van der Waals surface area contributed by atoms with Gasteiger partial charge in [0.1, 0.15) is 0 Å². The van der Waals surface area contributed by atoms with Gasteiger partial charge in [-0.25, -0.2) is 0 Å². The lowest BCUT2D eigenvalue weighted by atomic mass is 10.3. The standard InChI is InChI=1S/C9H14F3NO3/c1-2-3-6-16-7(14)4-5-13-8(15)9(10,11)12/h2-6H2,1H3,(H,13,15). The van der Waals surface area contributed by atoms with Gasteiger partial charge in [0.05, 0.1) is 13.0 Å². The van der Waals surface area contributed by atoms with Crippen LogP contribution in [-0.2, 0) is 14.3 Å². The summed E-state index contributed by atoms with van der Waals surface area (Å²) in [5.41, 5.74) is 0. The number of esters is 1. The number of rotatable bonds is 6. The Balaban J connectivity index is 3.59. The Kier molecular flexibility index (Phi) is 6.52. The van der Waals surface area contributed by atoms with E-state index in [1.807, 2.05) is 6.92 Å². The number of amides is 1. The molecule has 0 fully saturated rings. The van der Waals surface area contributed by atoms with Crippen molar-refractivity contribution in [2.45, 2.75) is 32.4 Å². The number of unbranched alkanes of at least 4 members (excludes halogenated alkanes) is 1. The number of carbonyl (C=O) groups is 2. The van der Waals surface area contributed by atoms with Gasteiger partial charge in [-0.05, 0) is 6.42 Å². The van der Waals surface area contributed by atoms with E-state index in [0.29, 0.717) is 6.42 Å². The second-order valence-corrected chi connectivity index (χ2v) is 3.08. The molecule has 0 atom stereocenters. The minimum atomic E-state index is -4.91. The largest absolute Gasteiger partial charge is 0.471 e. The summed E-state index contributed by atoms with van der Waals surface area (Å²) in [6.45, 7) is 1.79. The van der Waals surface area contributed by atoms with Crippen molar-refractivity contribution in [2.75, 3.05) is 13.2 Å². The molecule has 0 unspecified atom stereocenters. The molecule has 0 saturated carbocycles. The van der Waals surface area contributed by atoms with Gasteiger partial charge in [0, 0.05) is 6.54 Å². The summed E-state index contributed by atoms with van der Waals surface area (Å²) in [4.78, 5) is 21.2. The maximum Gasteiger partial charge on any atom is 0.471 e. The number of hydrogen-bond donors (Lipinski definition) is 1. The minimum absolute atomic E-state index is 0.253. The number of alkyl halides is 3. The zero-order chi connectivity index (χ0) is 12.6. The van der Waals surface area contributed by atoms with Gasteiger partial charge >= 0.3 is 18.1 Å². The molecule has 0 rings (SSSR count). The van der Waals surface area contributed by atoms with Gasteiger partial charge in [0.15, 0.2) is 0 Å². The minimum Gasteiger partial charge on any atom is -0.466 e. The van der Waals surface area contributed by atoms with Crippen molar-refractivity contribution in [1.82, 2.24) is 5.32 Å². The first-order valence-corrected chi connectivity index (χ1v) is 4.88. The monoisotopic (exact) mass is 241 g/mol. The van der Waals surface area contributed by atoms with Crippen molar-refractivity contribution >= 4 is 11.9 Å². The number of nitrogens with one attached hydrogen (secondary N) is 1. The predicted octanol–water partition coefficient (Wildman–Crippen LogP) is 1.40. The van der Waals surface area contributed by atoms with Gasteiger partial charge < -0.3 is 10.1 Å². The summed E-state index contributed by atoms with van der Waals surface area (Å²) in [6, 6.07) is 0. The van der Waals surface area contributed by atoms with Crippen molar-refractivity contribution in [3.63, 3.8) is 0 Å². The van der Waals surface area contributed by atoms with Crippen molar-refractivity contribution < 1.29 is 27.5 Å². The molecule has 0 aliphatic rings. The highest BCUT2D eigenvalue weighted by molar-refractivity contribution is 5.82. The third-order valence-electron chi connectivity index (χ3n) is 1.63. The molecule has 16 heavy (non-hydrogen) atoms. The van der Waals surface area contributed by atoms with Crippen LogP contribution in [0.15, 0.2) is 0 Å². The lowest BCUT2D eigenvalue weighted by Crippen LogP contribution is -2.37. The molecule has 0 aromatic carbocycles. The lowest BCUT2D eigenvalue weighted by Gasteiger charge is -2.07. The molecule has 94 valence electrons. The van der Waals surface area contributed by atoms with Crippen LogP contribution in [0.25, 0.3) is 0 Å². The van der Waals surface area contributed by atoms with E-state index in [1.165, 1.54) is 0 Å². The number of hydrogen-bond acceptors (Lipinski definition) is 3. The molecule has 0 aromatic heterocycles. The van der Waals surface area contributed by atoms with E-state index < -0.39 is 18.1 Å². The maximum absolute atomic E-state index is 11.7. The Morgan fingerprint density at radius 3 is 2.44 bits per heavy atom. The van der Waals surface area contributed by atoms with Crippen molar-refractivity contribution in [2.24, 2.45) is 0 Å². The fourth-order valence-electron chi connectivity index (χ4n) is 0.781. The number of carbonyl (C=O) groups excluding carboxylic acids is 2. The fraction of sp³-hybridized carbons (Fsp3) is 0.778. The van der Waals surface area contributed by atoms with Crippen LogP contribution in [0.1, 0.15) is 26.2 Å². The molecule has 0 radical (unpaired) electrons. The average Bonchev–Trinajstić information content (AvgIpc) is 2.16. The van der Waals surface area contributed by atoms with E-state index >= 15 is 0 Å². The van der Waals surface area contributed by atoms with E-state index in [0.717, 1.165) is 6.42 Å². The van der Waals surface area contributed by atoms with Gasteiger partial charge in [0.25, 0.3) is 0 Å². The predicted molar refractivity (Wildman–Crippen MR) is 49.5 cm³/mol. The van der Waals surface area contributed by atoms with E-state index in [-0.39, 0.29) is 19.6 Å². The van der Waals surface area contributed by atoms with E-state index in [4.69, 9.17) is 0 Å². The normalized spacial score (nSPS) is 11.0. The summed E-state index contributed by atoms with van der Waals surface area (Å²) in [5.74, 6) is -2.66. The molecule has 0 saturated heterocycles. The third kappa shape index (κ3) is 7.08. The molecule has 1 N–H and O–H groups in total. The van der Waals surface area contributed by atoms with Crippen LogP contribution in [0.5, 0.6) is 0 Å². The molecule has 0 aromatic rings. The average molecular weight is 241 g/mol. The molecule has 0 spiro atoms. The molecule has 7 heteroatoms. The summed E-state index contributed by atoms with van der Waals surface area (Å²) >= 11 is 0. The van der Waals surface area contributed by atoms with Gasteiger partial charge in [-0.15, -0.1) is 0 Å². The van der Waals surface area contributed by atoms with Crippen LogP contribution in [0, 0.1) is 0 Å². The second-order valence-electron chi connectivity index (χ2n) is 3.08. The van der Waals surface area contributed by atoms with Gasteiger partial charge in [-0.2, -0.15) is 13.2 Å². The molecular weight excluding hydrogens is 227 g/mol. The highest BCUT2D eigenvalue weighted by Gasteiger charge is 2.38. The van der Waals surface area contributed by atoms with Crippen LogP contribution in [0.4, 0.5) is 13.2 Å². The van der Waals surface area contributed by atoms with E-state index in [2.05, 4.69) is 4.74 Å². The Bertz CT molecular complexity index is 241. The van der Waals surface area contributed by atoms with Crippen molar-refractivity contribution in [3.05, 3.63) is 0 Å². The van der Waals surface area contributed by atoms with Crippen LogP contribution >= 0.6 is 0 Å². The quantitative estimate of drug-likeness (QED) is 0.565. The van der Waals surface area contributed by atoms with E-state index in [1.54, 1.807) is 5.32 Å². The Labute approximate surface area is 91.1 Å². The van der Waals surface area contributed by atoms with Crippen LogP contribution < -0.4 is 5.32 Å². The van der Waals surface area contributed by atoms with Crippen molar-refractivity contribution in [3.8, 4) is 0 Å². The molecule has 4 nitrogen and oxygen atoms in total. The third-order valence-corrected chi connectivity index (χ3v) is 1.63. The first kappa shape index (κ1) is 14.7. The van der Waals surface area contributed by atoms with Gasteiger partial charge in [-0.3, -0.25) is 9.59 Å².